The van der Waals surface area contributed by atoms with Gasteiger partial charge in [0.25, 0.3) is 0 Å². The zero-order valence-electron chi connectivity index (χ0n) is 20.4. The highest BCUT2D eigenvalue weighted by Crippen LogP contribution is 2.49. The summed E-state index contributed by atoms with van der Waals surface area (Å²) in [7, 11) is -3.34. The minimum absolute atomic E-state index is 0.0615. The molecule has 12 nitrogen and oxygen atoms in total. The van der Waals surface area contributed by atoms with Crippen LogP contribution in [-0.2, 0) is 32.6 Å². The fourth-order valence-electron chi connectivity index (χ4n) is 4.13. The molecule has 0 radical (unpaired) electrons. The summed E-state index contributed by atoms with van der Waals surface area (Å²) >= 11 is 0. The van der Waals surface area contributed by atoms with Gasteiger partial charge in [0, 0.05) is 0 Å². The lowest BCUT2D eigenvalue weighted by Gasteiger charge is -2.25. The molecule has 4 heterocycles. The van der Waals surface area contributed by atoms with Crippen LogP contribution in [0.3, 0.4) is 0 Å². The molecular formula is C21H33N4O8P. The predicted octanol–water partition coefficient (Wildman–Crippen LogP) is 3.27. The van der Waals surface area contributed by atoms with Gasteiger partial charge < -0.3 is 32.7 Å². The summed E-state index contributed by atoms with van der Waals surface area (Å²) in [6.45, 7) is 11.7. The standard InChI is InChI=1S/C21H33N4O8P/c1-7-28-34(26,29-8-2)12-27-9-14-16-17(33-21(5,6)32-16)20(31-14)25-11-24-15-18(25)22-10-23-19(15)30-13(3)4/h10-11,13-14,16-17,20H,7-9,12H2,1-6H3/t14-,16-,17-,20-/m1/s1. The molecule has 4 rings (SSSR count). The number of nitrogens with zero attached hydrogens (tertiary/aromatic N) is 4. The van der Waals surface area contributed by atoms with Crippen molar-refractivity contribution < 1.29 is 37.3 Å². The normalized spacial score (nSPS) is 26.4. The quantitative estimate of drug-likeness (QED) is 0.422. The summed E-state index contributed by atoms with van der Waals surface area (Å²) in [6.07, 6.45) is 0.911. The SMILES string of the molecule is CCOP(=O)(COC[C@H]1O[C@@H](n2cnc3c(OC(C)C)ncnc32)[C@@H]2OC(C)(C)O[C@@H]21)OCC. The Morgan fingerprint density at radius 3 is 2.50 bits per heavy atom. The number of rotatable bonds is 11. The molecule has 2 aliphatic heterocycles. The monoisotopic (exact) mass is 500 g/mol. The summed E-state index contributed by atoms with van der Waals surface area (Å²) in [4.78, 5) is 13.1. The largest absolute Gasteiger partial charge is 0.473 e. The maximum absolute atomic E-state index is 12.7. The molecule has 4 atom stereocenters. The molecule has 0 aliphatic carbocycles. The number of fused-ring (bicyclic) bond motifs is 2. The van der Waals surface area contributed by atoms with Gasteiger partial charge in [-0.25, -0.2) is 9.97 Å². The first-order chi connectivity index (χ1) is 16.2. The Balaban J connectivity index is 1.54. The Bertz CT molecular complexity index is 1020. The van der Waals surface area contributed by atoms with Gasteiger partial charge in [-0.3, -0.25) is 9.13 Å². The van der Waals surface area contributed by atoms with Gasteiger partial charge >= 0.3 is 7.60 Å². The lowest BCUT2D eigenvalue weighted by atomic mass is 10.1. The van der Waals surface area contributed by atoms with E-state index in [1.54, 1.807) is 24.7 Å². The van der Waals surface area contributed by atoms with Crippen LogP contribution in [0.15, 0.2) is 12.7 Å². The fraction of sp³-hybridized carbons (Fsp3) is 0.762. The molecule has 2 aromatic rings. The molecule has 13 heteroatoms. The minimum Gasteiger partial charge on any atom is -0.473 e. The molecule has 0 bridgehead atoms. The molecule has 0 N–H and O–H groups in total. The van der Waals surface area contributed by atoms with Gasteiger partial charge in [-0.15, -0.1) is 0 Å². The molecule has 0 spiro atoms. The van der Waals surface area contributed by atoms with E-state index < -0.39 is 37.9 Å². The van der Waals surface area contributed by atoms with Gasteiger partial charge in [0.15, 0.2) is 23.2 Å². The molecular weight excluding hydrogens is 467 g/mol. The van der Waals surface area contributed by atoms with E-state index in [0.717, 1.165) is 0 Å². The van der Waals surface area contributed by atoms with Crippen LogP contribution in [0.2, 0.25) is 0 Å². The minimum atomic E-state index is -3.34. The molecule has 190 valence electrons. The molecule has 0 unspecified atom stereocenters. The van der Waals surface area contributed by atoms with Gasteiger partial charge in [-0.1, -0.05) is 0 Å². The van der Waals surface area contributed by atoms with Crippen molar-refractivity contribution in [3.05, 3.63) is 12.7 Å². The van der Waals surface area contributed by atoms with Crippen LogP contribution < -0.4 is 4.74 Å². The van der Waals surface area contributed by atoms with Crippen LogP contribution in [0.25, 0.3) is 11.2 Å². The Labute approximate surface area is 198 Å². The fourth-order valence-corrected chi connectivity index (χ4v) is 5.47. The van der Waals surface area contributed by atoms with Crippen LogP contribution in [0.5, 0.6) is 5.88 Å². The van der Waals surface area contributed by atoms with Crippen molar-refractivity contribution in [2.75, 3.05) is 26.2 Å². The maximum atomic E-state index is 12.7. The van der Waals surface area contributed by atoms with E-state index in [1.165, 1.54) is 6.33 Å². The number of hydrogen-bond donors (Lipinski definition) is 0. The second-order valence-electron chi connectivity index (χ2n) is 8.75. The maximum Gasteiger partial charge on any atom is 0.356 e. The van der Waals surface area contributed by atoms with E-state index >= 15 is 0 Å². The summed E-state index contributed by atoms with van der Waals surface area (Å²) in [5.74, 6) is -0.404. The highest BCUT2D eigenvalue weighted by Gasteiger charge is 2.56. The summed E-state index contributed by atoms with van der Waals surface area (Å²) in [5, 5.41) is 0. The Kier molecular flexibility index (Phi) is 7.58. The third-order valence-corrected chi connectivity index (χ3v) is 7.06. The van der Waals surface area contributed by atoms with Gasteiger partial charge in [0.2, 0.25) is 5.88 Å². The van der Waals surface area contributed by atoms with Crippen molar-refractivity contribution in [1.82, 2.24) is 19.5 Å². The topological polar surface area (TPSA) is 125 Å². The second kappa shape index (κ2) is 10.1. The zero-order valence-corrected chi connectivity index (χ0v) is 21.3. The van der Waals surface area contributed by atoms with Gasteiger partial charge in [-0.05, 0) is 41.5 Å². The van der Waals surface area contributed by atoms with Crippen molar-refractivity contribution in [3.8, 4) is 5.88 Å². The highest BCUT2D eigenvalue weighted by molar-refractivity contribution is 7.53. The Morgan fingerprint density at radius 1 is 1.12 bits per heavy atom. The summed E-state index contributed by atoms with van der Waals surface area (Å²) < 4.78 is 55.2. The summed E-state index contributed by atoms with van der Waals surface area (Å²) in [6, 6.07) is 0. The van der Waals surface area contributed by atoms with Crippen LogP contribution in [-0.4, -0.2) is 75.9 Å². The third-order valence-electron chi connectivity index (χ3n) is 5.26. The first-order valence-electron chi connectivity index (χ1n) is 11.5. The summed E-state index contributed by atoms with van der Waals surface area (Å²) in [5.41, 5.74) is 1.09. The smallest absolute Gasteiger partial charge is 0.356 e. The predicted molar refractivity (Wildman–Crippen MR) is 120 cm³/mol. The molecule has 0 saturated carbocycles. The van der Waals surface area contributed by atoms with E-state index in [0.29, 0.717) is 17.0 Å². The average molecular weight is 500 g/mol. The van der Waals surface area contributed by atoms with E-state index in [4.69, 9.17) is 32.7 Å². The van der Waals surface area contributed by atoms with Crippen LogP contribution in [0.1, 0.15) is 47.8 Å². The van der Waals surface area contributed by atoms with Crippen molar-refractivity contribution in [1.29, 1.82) is 0 Å². The third kappa shape index (κ3) is 5.28. The van der Waals surface area contributed by atoms with Crippen LogP contribution in [0.4, 0.5) is 0 Å². The Hall–Kier alpha value is -1.66. The van der Waals surface area contributed by atoms with Crippen molar-refractivity contribution in [2.45, 2.75) is 78.0 Å². The van der Waals surface area contributed by atoms with Gasteiger partial charge in [0.05, 0.1) is 32.3 Å². The first kappa shape index (κ1) is 25.4. The van der Waals surface area contributed by atoms with Gasteiger partial charge in [-0.2, -0.15) is 4.98 Å². The van der Waals surface area contributed by atoms with E-state index in [-0.39, 0.29) is 32.3 Å². The molecule has 2 aliphatic rings. The molecule has 0 aromatic carbocycles. The lowest BCUT2D eigenvalue weighted by molar-refractivity contribution is -0.201. The molecule has 34 heavy (non-hydrogen) atoms. The van der Waals surface area contributed by atoms with E-state index in [9.17, 15) is 4.57 Å². The highest BCUT2D eigenvalue weighted by atomic mass is 31.2. The van der Waals surface area contributed by atoms with Crippen molar-refractivity contribution in [2.24, 2.45) is 0 Å². The number of hydrogen-bond acceptors (Lipinski definition) is 11. The van der Waals surface area contributed by atoms with Crippen molar-refractivity contribution >= 4 is 18.8 Å². The first-order valence-corrected chi connectivity index (χ1v) is 13.2. The average Bonchev–Trinajstić information content (AvgIpc) is 3.40. The number of imidazole rings is 1. The molecule has 2 aromatic heterocycles. The number of ether oxygens (including phenoxy) is 5. The second-order valence-corrected chi connectivity index (χ2v) is 10.7. The lowest BCUT2D eigenvalue weighted by Crippen LogP contribution is -2.33. The van der Waals surface area contributed by atoms with Gasteiger partial charge in [0.1, 0.15) is 31.0 Å². The van der Waals surface area contributed by atoms with Crippen LogP contribution >= 0.6 is 7.60 Å². The van der Waals surface area contributed by atoms with E-state index in [2.05, 4.69) is 15.0 Å². The zero-order chi connectivity index (χ0) is 24.5. The molecule has 2 saturated heterocycles. The van der Waals surface area contributed by atoms with Crippen LogP contribution in [0, 0.1) is 0 Å². The molecule has 0 amide bonds. The Morgan fingerprint density at radius 2 is 1.82 bits per heavy atom. The number of aromatic nitrogens is 4. The molecule has 2 fully saturated rings. The van der Waals surface area contributed by atoms with E-state index in [1.807, 2.05) is 27.7 Å². The van der Waals surface area contributed by atoms with Crippen molar-refractivity contribution in [3.63, 3.8) is 0 Å².